The molecule has 0 spiro atoms. The molecule has 2 rings (SSSR count). The van der Waals surface area contributed by atoms with Crippen LogP contribution >= 0.6 is 23.1 Å². The summed E-state index contributed by atoms with van der Waals surface area (Å²) in [6, 6.07) is 6.01. The zero-order valence-corrected chi connectivity index (χ0v) is 11.0. The van der Waals surface area contributed by atoms with Gasteiger partial charge >= 0.3 is 0 Å². The number of fused-ring (bicyclic) bond motifs is 1. The smallest absolute Gasteiger partial charge is 0.186 e. The van der Waals surface area contributed by atoms with E-state index in [9.17, 15) is 4.79 Å². The molecule has 1 heterocycles. The topological polar surface area (TPSA) is 56.0 Å². The Morgan fingerprint density at radius 3 is 3.18 bits per heavy atom. The van der Waals surface area contributed by atoms with Crippen molar-refractivity contribution in [1.29, 1.82) is 0 Å². The van der Waals surface area contributed by atoms with Crippen LogP contribution in [-0.4, -0.2) is 15.9 Å². The van der Waals surface area contributed by atoms with Gasteiger partial charge in [-0.15, -0.1) is 0 Å². The minimum absolute atomic E-state index is 0.139. The monoisotopic (exact) mass is 264 g/mol. The number of anilines is 1. The average Bonchev–Trinajstić information content (AvgIpc) is 2.63. The van der Waals surface area contributed by atoms with Crippen LogP contribution in [0, 0.1) is 0 Å². The van der Waals surface area contributed by atoms with Gasteiger partial charge in [-0.05, 0) is 17.7 Å². The summed E-state index contributed by atoms with van der Waals surface area (Å²) in [5.74, 6) is 0.707. The van der Waals surface area contributed by atoms with Crippen molar-refractivity contribution in [3.05, 3.63) is 29.8 Å². The number of aromatic nitrogens is 1. The standard InChI is InChI=1S/C12H12N2OS2/c1-8(15)16-6-2-3-9-4-5-10-11(7-9)17-12(13)14-10/h2-5,7H,6H2,1H3,(H2,13,14). The lowest BCUT2D eigenvalue weighted by molar-refractivity contribution is -0.109. The number of carbonyl (C=O) groups excluding carboxylic acids is 1. The van der Waals surface area contributed by atoms with E-state index >= 15 is 0 Å². The van der Waals surface area contributed by atoms with Gasteiger partial charge in [-0.3, -0.25) is 4.79 Å². The van der Waals surface area contributed by atoms with Gasteiger partial charge in [0.2, 0.25) is 0 Å². The number of hydrogen-bond donors (Lipinski definition) is 1. The molecule has 0 saturated heterocycles. The molecule has 1 aromatic carbocycles. The summed E-state index contributed by atoms with van der Waals surface area (Å²) in [5, 5.41) is 0.730. The normalized spacial score (nSPS) is 11.4. The van der Waals surface area contributed by atoms with E-state index in [4.69, 9.17) is 5.73 Å². The zero-order valence-electron chi connectivity index (χ0n) is 9.34. The van der Waals surface area contributed by atoms with Gasteiger partial charge in [-0.25, -0.2) is 4.98 Å². The van der Waals surface area contributed by atoms with Crippen LogP contribution in [0.15, 0.2) is 24.3 Å². The lowest BCUT2D eigenvalue weighted by atomic mass is 10.2. The Hall–Kier alpha value is -1.33. The van der Waals surface area contributed by atoms with E-state index in [1.165, 1.54) is 23.1 Å². The first-order chi connectivity index (χ1) is 8.15. The highest BCUT2D eigenvalue weighted by atomic mass is 32.2. The van der Waals surface area contributed by atoms with E-state index in [0.29, 0.717) is 10.9 Å². The quantitative estimate of drug-likeness (QED) is 0.925. The fourth-order valence-corrected chi connectivity index (χ4v) is 2.62. The third-order valence-electron chi connectivity index (χ3n) is 2.12. The minimum atomic E-state index is 0.139. The van der Waals surface area contributed by atoms with Crippen molar-refractivity contribution in [2.24, 2.45) is 0 Å². The van der Waals surface area contributed by atoms with Crippen molar-refractivity contribution in [2.45, 2.75) is 6.92 Å². The van der Waals surface area contributed by atoms with Gasteiger partial charge < -0.3 is 5.73 Å². The highest BCUT2D eigenvalue weighted by molar-refractivity contribution is 8.13. The van der Waals surface area contributed by atoms with E-state index in [2.05, 4.69) is 11.1 Å². The molecule has 88 valence electrons. The molecule has 0 saturated carbocycles. The van der Waals surface area contributed by atoms with Crippen molar-refractivity contribution in [3.63, 3.8) is 0 Å². The van der Waals surface area contributed by atoms with Crippen molar-refractivity contribution >= 4 is 49.6 Å². The molecule has 0 atom stereocenters. The maximum atomic E-state index is 10.7. The van der Waals surface area contributed by atoms with Crippen LogP contribution in [-0.2, 0) is 4.79 Å². The van der Waals surface area contributed by atoms with Crippen molar-refractivity contribution in [1.82, 2.24) is 4.98 Å². The van der Waals surface area contributed by atoms with Gasteiger partial charge in [0.15, 0.2) is 10.2 Å². The molecule has 0 radical (unpaired) electrons. The van der Waals surface area contributed by atoms with E-state index in [1.807, 2.05) is 24.3 Å². The number of nitrogens with zero attached hydrogens (tertiary/aromatic N) is 1. The molecule has 0 aliphatic rings. The summed E-state index contributed by atoms with van der Waals surface area (Å²) in [5.41, 5.74) is 7.68. The summed E-state index contributed by atoms with van der Waals surface area (Å²) in [6.07, 6.45) is 3.99. The van der Waals surface area contributed by atoms with Crippen LogP contribution in [0.5, 0.6) is 0 Å². The molecule has 0 amide bonds. The fourth-order valence-electron chi connectivity index (χ4n) is 1.41. The predicted octanol–water partition coefficient (Wildman–Crippen LogP) is 3.17. The van der Waals surface area contributed by atoms with Crippen molar-refractivity contribution < 1.29 is 4.79 Å². The lowest BCUT2D eigenvalue weighted by Gasteiger charge is -1.93. The second-order valence-electron chi connectivity index (χ2n) is 3.48. The number of rotatable bonds is 3. The number of benzene rings is 1. The fraction of sp³-hybridized carbons (Fsp3) is 0.167. The Morgan fingerprint density at radius 2 is 2.41 bits per heavy atom. The van der Waals surface area contributed by atoms with Crippen LogP contribution in [0.1, 0.15) is 12.5 Å². The third kappa shape index (κ3) is 3.31. The number of nitrogen functional groups attached to an aromatic ring is 1. The molecule has 3 nitrogen and oxygen atoms in total. The second kappa shape index (κ2) is 5.33. The van der Waals surface area contributed by atoms with E-state index in [0.717, 1.165) is 15.8 Å². The van der Waals surface area contributed by atoms with Crippen LogP contribution in [0.2, 0.25) is 0 Å². The van der Waals surface area contributed by atoms with Gasteiger partial charge in [-0.2, -0.15) is 0 Å². The summed E-state index contributed by atoms with van der Waals surface area (Å²) >= 11 is 2.79. The maximum absolute atomic E-state index is 10.7. The summed E-state index contributed by atoms with van der Waals surface area (Å²) in [7, 11) is 0. The molecule has 5 heteroatoms. The largest absolute Gasteiger partial charge is 0.375 e. The molecular formula is C12H12N2OS2. The van der Waals surface area contributed by atoms with Gasteiger partial charge in [0.1, 0.15) is 0 Å². The van der Waals surface area contributed by atoms with Gasteiger partial charge in [0.25, 0.3) is 0 Å². The summed E-state index contributed by atoms with van der Waals surface area (Å²) in [4.78, 5) is 14.9. The summed E-state index contributed by atoms with van der Waals surface area (Å²) < 4.78 is 1.09. The highest BCUT2D eigenvalue weighted by Gasteiger charge is 2.00. The first-order valence-electron chi connectivity index (χ1n) is 5.11. The van der Waals surface area contributed by atoms with Gasteiger partial charge in [0.05, 0.1) is 10.2 Å². The Kier molecular flexibility index (Phi) is 3.81. The number of hydrogen-bond acceptors (Lipinski definition) is 5. The van der Waals surface area contributed by atoms with Crippen LogP contribution in [0.3, 0.4) is 0 Å². The van der Waals surface area contributed by atoms with Crippen LogP contribution in [0.25, 0.3) is 16.3 Å². The first-order valence-corrected chi connectivity index (χ1v) is 6.91. The number of thioether (sulfide) groups is 1. The number of nitrogens with two attached hydrogens (primary N) is 1. The Labute approximate surface area is 108 Å². The van der Waals surface area contributed by atoms with E-state index in [-0.39, 0.29) is 5.12 Å². The Balaban J connectivity index is 2.10. The number of carbonyl (C=O) groups is 1. The molecule has 2 aromatic rings. The minimum Gasteiger partial charge on any atom is -0.375 e. The van der Waals surface area contributed by atoms with Crippen LogP contribution in [0.4, 0.5) is 5.13 Å². The van der Waals surface area contributed by atoms with Gasteiger partial charge in [0, 0.05) is 12.7 Å². The molecule has 1 aromatic heterocycles. The van der Waals surface area contributed by atoms with Crippen molar-refractivity contribution in [2.75, 3.05) is 11.5 Å². The molecule has 0 aliphatic carbocycles. The maximum Gasteiger partial charge on any atom is 0.186 e. The molecular weight excluding hydrogens is 252 g/mol. The Bertz CT molecular complexity index is 575. The third-order valence-corrected chi connectivity index (χ3v) is 3.74. The van der Waals surface area contributed by atoms with E-state index < -0.39 is 0 Å². The number of thiazole rings is 1. The van der Waals surface area contributed by atoms with Crippen molar-refractivity contribution in [3.8, 4) is 0 Å². The Morgan fingerprint density at radius 1 is 1.59 bits per heavy atom. The SMILES string of the molecule is CC(=O)SCC=Cc1ccc2nc(N)sc2c1. The van der Waals surface area contributed by atoms with E-state index in [1.54, 1.807) is 6.92 Å². The average molecular weight is 264 g/mol. The molecule has 0 aliphatic heterocycles. The molecule has 17 heavy (non-hydrogen) atoms. The second-order valence-corrected chi connectivity index (χ2v) is 5.74. The first kappa shape index (κ1) is 12.1. The molecule has 0 unspecified atom stereocenters. The van der Waals surface area contributed by atoms with Gasteiger partial charge in [-0.1, -0.05) is 41.3 Å². The lowest BCUT2D eigenvalue weighted by Crippen LogP contribution is -1.81. The highest BCUT2D eigenvalue weighted by Crippen LogP contribution is 2.25. The predicted molar refractivity (Wildman–Crippen MR) is 76.2 cm³/mol. The molecule has 0 fully saturated rings. The molecule has 2 N–H and O–H groups in total. The summed E-state index contributed by atoms with van der Waals surface area (Å²) in [6.45, 7) is 1.57. The zero-order chi connectivity index (χ0) is 12.3. The molecule has 0 bridgehead atoms. The van der Waals surface area contributed by atoms with Crippen LogP contribution < -0.4 is 5.73 Å².